The zero-order chi connectivity index (χ0) is 13.8. The minimum absolute atomic E-state index is 0.100. The van der Waals surface area contributed by atoms with Gasteiger partial charge < -0.3 is 4.74 Å². The lowest BCUT2D eigenvalue weighted by Crippen LogP contribution is -2.13. The summed E-state index contributed by atoms with van der Waals surface area (Å²) < 4.78 is 5.50. The summed E-state index contributed by atoms with van der Waals surface area (Å²) in [7, 11) is 1.63. The van der Waals surface area contributed by atoms with Gasteiger partial charge in [-0.1, -0.05) is 5.10 Å². The van der Waals surface area contributed by atoms with Crippen molar-refractivity contribution >= 4 is 11.9 Å². The molecule has 7 heteroatoms. The van der Waals surface area contributed by atoms with Crippen LogP contribution in [-0.4, -0.2) is 32.2 Å². The second kappa shape index (κ2) is 5.47. The van der Waals surface area contributed by atoms with Crippen molar-refractivity contribution in [2.24, 2.45) is 7.05 Å². The van der Waals surface area contributed by atoms with E-state index in [1.165, 1.54) is 4.80 Å². The molecule has 0 fully saturated rings. The van der Waals surface area contributed by atoms with Gasteiger partial charge in [-0.15, -0.1) is 5.10 Å². The van der Waals surface area contributed by atoms with Gasteiger partial charge in [0.25, 0.3) is 11.9 Å². The molecule has 19 heavy (non-hydrogen) atoms. The van der Waals surface area contributed by atoms with Crippen LogP contribution in [0, 0.1) is 0 Å². The molecule has 2 rings (SSSR count). The number of hydrogen-bond donors (Lipinski definition) is 1. The third kappa shape index (κ3) is 3.51. The van der Waals surface area contributed by atoms with Crippen LogP contribution in [0.4, 0.5) is 5.95 Å². The van der Waals surface area contributed by atoms with Crippen LogP contribution in [0.5, 0.6) is 5.75 Å². The molecule has 0 saturated carbocycles. The van der Waals surface area contributed by atoms with Crippen molar-refractivity contribution in [2.75, 3.05) is 5.32 Å². The molecule has 1 N–H and O–H groups in total. The van der Waals surface area contributed by atoms with Gasteiger partial charge in [0, 0.05) is 5.56 Å². The summed E-state index contributed by atoms with van der Waals surface area (Å²) in [6.45, 7) is 3.89. The maximum Gasteiger partial charge on any atom is 0.270 e. The van der Waals surface area contributed by atoms with Crippen LogP contribution in [-0.2, 0) is 7.05 Å². The summed E-state index contributed by atoms with van der Waals surface area (Å²) in [5.74, 6) is 0.614. The first-order valence-corrected chi connectivity index (χ1v) is 5.86. The average molecular weight is 261 g/mol. The second-order valence-electron chi connectivity index (χ2n) is 4.25. The van der Waals surface area contributed by atoms with Crippen LogP contribution in [0.1, 0.15) is 24.2 Å². The van der Waals surface area contributed by atoms with Crippen LogP contribution < -0.4 is 10.1 Å². The van der Waals surface area contributed by atoms with E-state index < -0.39 is 0 Å². The molecule has 0 saturated heterocycles. The number of aromatic nitrogens is 4. The molecular weight excluding hydrogens is 246 g/mol. The second-order valence-corrected chi connectivity index (χ2v) is 4.25. The average Bonchev–Trinajstić information content (AvgIpc) is 2.75. The van der Waals surface area contributed by atoms with E-state index in [9.17, 15) is 4.79 Å². The number of carbonyl (C=O) groups is 1. The Hall–Kier alpha value is -2.44. The molecule has 100 valence electrons. The molecule has 0 aliphatic carbocycles. The molecule has 2 aromatic rings. The molecule has 1 heterocycles. The normalized spacial score (nSPS) is 10.5. The van der Waals surface area contributed by atoms with Crippen LogP contribution in [0.25, 0.3) is 0 Å². The summed E-state index contributed by atoms with van der Waals surface area (Å²) in [6.07, 6.45) is 0.100. The van der Waals surface area contributed by atoms with E-state index in [1.807, 2.05) is 13.8 Å². The highest BCUT2D eigenvalue weighted by atomic mass is 16.5. The number of tetrazole rings is 1. The number of rotatable bonds is 4. The maximum atomic E-state index is 11.9. The van der Waals surface area contributed by atoms with Gasteiger partial charge in [0.05, 0.1) is 13.2 Å². The molecule has 1 amide bonds. The summed E-state index contributed by atoms with van der Waals surface area (Å²) >= 11 is 0. The third-order valence-corrected chi connectivity index (χ3v) is 2.22. The molecular formula is C12H15N5O2. The largest absolute Gasteiger partial charge is 0.491 e. The topological polar surface area (TPSA) is 81.9 Å². The number of ether oxygens (including phenoxy) is 1. The van der Waals surface area contributed by atoms with Crippen molar-refractivity contribution in [3.05, 3.63) is 29.8 Å². The predicted molar refractivity (Wildman–Crippen MR) is 69.0 cm³/mol. The van der Waals surface area contributed by atoms with Crippen molar-refractivity contribution in [1.82, 2.24) is 20.2 Å². The summed E-state index contributed by atoms with van der Waals surface area (Å²) in [4.78, 5) is 13.2. The molecule has 0 aliphatic rings. The van der Waals surface area contributed by atoms with Gasteiger partial charge in [-0.05, 0) is 43.3 Å². The number of hydrogen-bond acceptors (Lipinski definition) is 5. The maximum absolute atomic E-state index is 11.9. The lowest BCUT2D eigenvalue weighted by Gasteiger charge is -2.09. The molecule has 0 unspecified atom stereocenters. The Kier molecular flexibility index (Phi) is 3.74. The molecule has 1 aromatic carbocycles. The first-order chi connectivity index (χ1) is 9.04. The first kappa shape index (κ1) is 13.0. The number of amides is 1. The van der Waals surface area contributed by atoms with Crippen molar-refractivity contribution in [3.63, 3.8) is 0 Å². The zero-order valence-electron chi connectivity index (χ0n) is 11.0. The Bertz CT molecular complexity index is 562. The molecule has 0 radical (unpaired) electrons. The van der Waals surface area contributed by atoms with Crippen LogP contribution in [0.3, 0.4) is 0 Å². The van der Waals surface area contributed by atoms with Gasteiger partial charge in [-0.2, -0.15) is 4.80 Å². The van der Waals surface area contributed by atoms with E-state index in [0.29, 0.717) is 5.56 Å². The molecule has 0 spiro atoms. The monoisotopic (exact) mass is 261 g/mol. The van der Waals surface area contributed by atoms with E-state index in [2.05, 4.69) is 20.7 Å². The quantitative estimate of drug-likeness (QED) is 0.895. The summed E-state index contributed by atoms with van der Waals surface area (Å²) in [5, 5.41) is 13.7. The van der Waals surface area contributed by atoms with Crippen molar-refractivity contribution < 1.29 is 9.53 Å². The predicted octanol–water partition coefficient (Wildman–Crippen LogP) is 1.25. The van der Waals surface area contributed by atoms with Crippen LogP contribution in [0.2, 0.25) is 0 Å². The fourth-order valence-electron chi connectivity index (χ4n) is 1.46. The van der Waals surface area contributed by atoms with E-state index in [-0.39, 0.29) is 18.0 Å². The van der Waals surface area contributed by atoms with E-state index in [0.717, 1.165) is 5.75 Å². The minimum atomic E-state index is -0.288. The third-order valence-electron chi connectivity index (χ3n) is 2.22. The highest BCUT2D eigenvalue weighted by Crippen LogP contribution is 2.14. The number of anilines is 1. The number of nitrogens with zero attached hydrogens (tertiary/aromatic N) is 4. The Morgan fingerprint density at radius 1 is 1.32 bits per heavy atom. The first-order valence-electron chi connectivity index (χ1n) is 5.86. The highest BCUT2D eigenvalue weighted by molar-refractivity contribution is 6.03. The minimum Gasteiger partial charge on any atom is -0.491 e. The fraction of sp³-hybridized carbons (Fsp3) is 0.333. The molecule has 0 atom stereocenters. The summed E-state index contributed by atoms with van der Waals surface area (Å²) in [6, 6.07) is 6.87. The SMILES string of the molecule is CC(C)Oc1ccc(C(=O)Nc2nnn(C)n2)cc1. The number of carbonyl (C=O) groups excluding carboxylic acids is 1. The molecule has 7 nitrogen and oxygen atoms in total. The van der Waals surface area contributed by atoms with Crippen LogP contribution >= 0.6 is 0 Å². The van der Waals surface area contributed by atoms with Gasteiger partial charge in [-0.3, -0.25) is 10.1 Å². The van der Waals surface area contributed by atoms with Gasteiger partial charge in [0.15, 0.2) is 0 Å². The van der Waals surface area contributed by atoms with Crippen LogP contribution in [0.15, 0.2) is 24.3 Å². The van der Waals surface area contributed by atoms with Gasteiger partial charge in [0.1, 0.15) is 5.75 Å². The van der Waals surface area contributed by atoms with E-state index in [4.69, 9.17) is 4.74 Å². The van der Waals surface area contributed by atoms with Crippen molar-refractivity contribution in [2.45, 2.75) is 20.0 Å². The van der Waals surface area contributed by atoms with Gasteiger partial charge >= 0.3 is 0 Å². The van der Waals surface area contributed by atoms with E-state index >= 15 is 0 Å². The number of nitrogens with one attached hydrogen (secondary N) is 1. The van der Waals surface area contributed by atoms with Gasteiger partial charge in [0.2, 0.25) is 0 Å². The highest BCUT2D eigenvalue weighted by Gasteiger charge is 2.09. The summed E-state index contributed by atoms with van der Waals surface area (Å²) in [5.41, 5.74) is 0.503. The van der Waals surface area contributed by atoms with Crippen molar-refractivity contribution in [3.8, 4) is 5.75 Å². The Balaban J connectivity index is 2.03. The fourth-order valence-corrected chi connectivity index (χ4v) is 1.46. The standard InChI is InChI=1S/C12H15N5O2/c1-8(2)19-10-6-4-9(5-7-10)11(18)13-12-14-16-17(3)15-12/h4-8H,1-3H3,(H,13,15,18). The van der Waals surface area contributed by atoms with Crippen molar-refractivity contribution in [1.29, 1.82) is 0 Å². The van der Waals surface area contributed by atoms with Gasteiger partial charge in [-0.25, -0.2) is 0 Å². The smallest absolute Gasteiger partial charge is 0.270 e. The Labute approximate surface area is 110 Å². The Morgan fingerprint density at radius 2 is 2.00 bits per heavy atom. The molecule has 0 aliphatic heterocycles. The number of benzene rings is 1. The molecule has 0 bridgehead atoms. The number of aryl methyl sites for hydroxylation is 1. The lowest BCUT2D eigenvalue weighted by molar-refractivity contribution is 0.102. The Morgan fingerprint density at radius 3 is 2.53 bits per heavy atom. The molecule has 1 aromatic heterocycles. The lowest BCUT2D eigenvalue weighted by atomic mass is 10.2. The van der Waals surface area contributed by atoms with E-state index in [1.54, 1.807) is 31.3 Å². The zero-order valence-corrected chi connectivity index (χ0v) is 11.0.